The van der Waals surface area contributed by atoms with Gasteiger partial charge >= 0.3 is 0 Å². The van der Waals surface area contributed by atoms with Gasteiger partial charge in [0.15, 0.2) is 5.16 Å². The molecule has 0 aliphatic rings. The number of hydrogen-bond donors (Lipinski definition) is 2. The molecular formula is C10H11ClN4S. The van der Waals surface area contributed by atoms with Crippen LogP contribution in [0, 0.1) is 0 Å². The molecular weight excluding hydrogens is 244 g/mol. The van der Waals surface area contributed by atoms with Crippen LogP contribution in [-0.2, 0) is 0 Å². The van der Waals surface area contributed by atoms with Crippen LogP contribution in [0.5, 0.6) is 0 Å². The number of rotatable bonds is 5. The van der Waals surface area contributed by atoms with E-state index in [9.17, 15) is 0 Å². The lowest BCUT2D eigenvalue weighted by Crippen LogP contribution is -2.03. The minimum absolute atomic E-state index is 0.743. The fourth-order valence-electron chi connectivity index (χ4n) is 1.21. The number of halogens is 1. The average molecular weight is 255 g/mol. The summed E-state index contributed by atoms with van der Waals surface area (Å²) in [6, 6.07) is 7.68. The van der Waals surface area contributed by atoms with Gasteiger partial charge in [-0.1, -0.05) is 29.4 Å². The van der Waals surface area contributed by atoms with Gasteiger partial charge in [-0.15, -0.1) is 0 Å². The summed E-state index contributed by atoms with van der Waals surface area (Å²) in [7, 11) is 0. The summed E-state index contributed by atoms with van der Waals surface area (Å²) in [4.78, 5) is 4.02. The van der Waals surface area contributed by atoms with Crippen LogP contribution < -0.4 is 5.32 Å². The maximum Gasteiger partial charge on any atom is 0.183 e. The first-order chi connectivity index (χ1) is 7.84. The molecule has 0 aliphatic carbocycles. The number of nitrogens with one attached hydrogen (secondary N) is 2. The van der Waals surface area contributed by atoms with Crippen molar-refractivity contribution in [1.29, 1.82) is 0 Å². The first kappa shape index (κ1) is 11.3. The third kappa shape index (κ3) is 3.43. The van der Waals surface area contributed by atoms with Crippen LogP contribution in [0.15, 0.2) is 35.7 Å². The highest BCUT2D eigenvalue weighted by molar-refractivity contribution is 7.99. The van der Waals surface area contributed by atoms with Crippen molar-refractivity contribution in [2.24, 2.45) is 0 Å². The number of H-pyrrole nitrogens is 1. The number of benzene rings is 1. The van der Waals surface area contributed by atoms with Crippen molar-refractivity contribution >= 4 is 29.1 Å². The molecule has 16 heavy (non-hydrogen) atoms. The van der Waals surface area contributed by atoms with Crippen LogP contribution in [-0.4, -0.2) is 27.5 Å². The molecule has 2 rings (SSSR count). The Bertz CT molecular complexity index is 432. The maximum atomic E-state index is 5.87. The van der Waals surface area contributed by atoms with Crippen molar-refractivity contribution in [2.75, 3.05) is 17.6 Å². The Morgan fingerprint density at radius 3 is 3.12 bits per heavy atom. The van der Waals surface area contributed by atoms with E-state index in [4.69, 9.17) is 11.6 Å². The van der Waals surface area contributed by atoms with Gasteiger partial charge in [-0.25, -0.2) is 4.98 Å². The molecule has 1 heterocycles. The summed E-state index contributed by atoms with van der Waals surface area (Å²) in [6.07, 6.45) is 1.51. The molecule has 0 spiro atoms. The molecule has 0 saturated heterocycles. The smallest absolute Gasteiger partial charge is 0.183 e. The van der Waals surface area contributed by atoms with E-state index in [1.165, 1.54) is 6.33 Å². The van der Waals surface area contributed by atoms with E-state index in [2.05, 4.69) is 20.5 Å². The summed E-state index contributed by atoms with van der Waals surface area (Å²) >= 11 is 7.50. The van der Waals surface area contributed by atoms with E-state index in [0.717, 1.165) is 28.2 Å². The second-order valence-corrected chi connectivity index (χ2v) is 4.60. The highest BCUT2D eigenvalue weighted by Crippen LogP contribution is 2.15. The fraction of sp³-hybridized carbons (Fsp3) is 0.200. The summed E-state index contributed by atoms with van der Waals surface area (Å²) < 4.78 is 0. The van der Waals surface area contributed by atoms with E-state index in [-0.39, 0.29) is 0 Å². The largest absolute Gasteiger partial charge is 0.384 e. The van der Waals surface area contributed by atoms with Gasteiger partial charge in [-0.3, -0.25) is 5.10 Å². The monoisotopic (exact) mass is 254 g/mol. The zero-order chi connectivity index (χ0) is 11.2. The minimum atomic E-state index is 0.743. The van der Waals surface area contributed by atoms with Gasteiger partial charge in [0, 0.05) is 23.0 Å². The Hall–Kier alpha value is -1.20. The molecule has 1 aromatic heterocycles. The first-order valence-electron chi connectivity index (χ1n) is 4.82. The predicted octanol–water partition coefficient (Wildman–Crippen LogP) is 2.66. The summed E-state index contributed by atoms with van der Waals surface area (Å²) in [6.45, 7) is 0.853. The molecule has 1 aromatic carbocycles. The van der Waals surface area contributed by atoms with Crippen LogP contribution in [0.4, 0.5) is 5.69 Å². The topological polar surface area (TPSA) is 53.6 Å². The Kier molecular flexibility index (Phi) is 4.07. The van der Waals surface area contributed by atoms with E-state index < -0.39 is 0 Å². The van der Waals surface area contributed by atoms with Gasteiger partial charge in [0.25, 0.3) is 0 Å². The molecule has 0 radical (unpaired) electrons. The standard InChI is InChI=1S/C10H11ClN4S/c11-8-2-1-3-9(6-8)12-4-5-16-10-13-7-14-15-10/h1-3,6-7,12H,4-5H2,(H,13,14,15). The second kappa shape index (κ2) is 5.77. The Morgan fingerprint density at radius 2 is 2.38 bits per heavy atom. The lowest BCUT2D eigenvalue weighted by Gasteiger charge is -2.05. The highest BCUT2D eigenvalue weighted by Gasteiger charge is 1.96. The average Bonchev–Trinajstić information content (AvgIpc) is 2.77. The third-order valence-corrected chi connectivity index (χ3v) is 3.00. The molecule has 0 unspecified atom stereocenters. The van der Waals surface area contributed by atoms with Crippen molar-refractivity contribution in [1.82, 2.24) is 15.2 Å². The number of anilines is 1. The zero-order valence-corrected chi connectivity index (χ0v) is 10.1. The number of nitrogens with zero attached hydrogens (tertiary/aromatic N) is 2. The Labute approximate surface area is 103 Å². The molecule has 84 valence electrons. The molecule has 0 aliphatic heterocycles. The fourth-order valence-corrected chi connectivity index (χ4v) is 2.03. The van der Waals surface area contributed by atoms with Crippen LogP contribution >= 0.6 is 23.4 Å². The van der Waals surface area contributed by atoms with Gasteiger partial charge in [-0.05, 0) is 18.2 Å². The molecule has 2 aromatic rings. The highest BCUT2D eigenvalue weighted by atomic mass is 35.5. The van der Waals surface area contributed by atoms with E-state index in [1.807, 2.05) is 24.3 Å². The zero-order valence-electron chi connectivity index (χ0n) is 8.48. The quantitative estimate of drug-likeness (QED) is 0.636. The summed E-state index contributed by atoms with van der Waals surface area (Å²) in [5.74, 6) is 0.918. The van der Waals surface area contributed by atoms with Gasteiger partial charge in [0.05, 0.1) is 0 Å². The van der Waals surface area contributed by atoms with Gasteiger partial charge in [-0.2, -0.15) is 5.10 Å². The second-order valence-electron chi connectivity index (χ2n) is 3.08. The van der Waals surface area contributed by atoms with Crippen LogP contribution in [0.2, 0.25) is 5.02 Å². The number of hydrogen-bond acceptors (Lipinski definition) is 4. The Morgan fingerprint density at radius 1 is 1.44 bits per heavy atom. The SMILES string of the molecule is Clc1cccc(NCCSc2ncn[nH]2)c1. The van der Waals surface area contributed by atoms with Crippen molar-refractivity contribution in [3.63, 3.8) is 0 Å². The molecule has 4 nitrogen and oxygen atoms in total. The van der Waals surface area contributed by atoms with Gasteiger partial charge in [0.1, 0.15) is 6.33 Å². The predicted molar refractivity (Wildman–Crippen MR) is 67.0 cm³/mol. The molecule has 0 atom stereocenters. The maximum absolute atomic E-state index is 5.87. The molecule has 0 saturated carbocycles. The van der Waals surface area contributed by atoms with Gasteiger partial charge < -0.3 is 5.32 Å². The van der Waals surface area contributed by atoms with Crippen LogP contribution in [0.25, 0.3) is 0 Å². The van der Waals surface area contributed by atoms with Crippen molar-refractivity contribution in [3.8, 4) is 0 Å². The number of thioether (sulfide) groups is 1. The van der Waals surface area contributed by atoms with E-state index >= 15 is 0 Å². The van der Waals surface area contributed by atoms with E-state index in [0.29, 0.717) is 0 Å². The van der Waals surface area contributed by atoms with Gasteiger partial charge in [0.2, 0.25) is 0 Å². The van der Waals surface area contributed by atoms with E-state index in [1.54, 1.807) is 11.8 Å². The van der Waals surface area contributed by atoms with Crippen molar-refractivity contribution in [2.45, 2.75) is 5.16 Å². The Balaban J connectivity index is 1.72. The van der Waals surface area contributed by atoms with Crippen molar-refractivity contribution in [3.05, 3.63) is 35.6 Å². The lowest BCUT2D eigenvalue weighted by molar-refractivity contribution is 0.972. The number of aromatic amines is 1. The normalized spacial score (nSPS) is 10.3. The third-order valence-electron chi connectivity index (χ3n) is 1.89. The number of aromatic nitrogens is 3. The van der Waals surface area contributed by atoms with Crippen LogP contribution in [0.1, 0.15) is 0 Å². The van der Waals surface area contributed by atoms with Crippen LogP contribution in [0.3, 0.4) is 0 Å². The molecule has 6 heteroatoms. The molecule has 0 amide bonds. The summed E-state index contributed by atoms with van der Waals surface area (Å²) in [5.41, 5.74) is 1.03. The molecule has 0 bridgehead atoms. The van der Waals surface area contributed by atoms with Crippen molar-refractivity contribution < 1.29 is 0 Å². The summed E-state index contributed by atoms with van der Waals surface area (Å²) in [5, 5.41) is 11.4. The first-order valence-corrected chi connectivity index (χ1v) is 6.18. The lowest BCUT2D eigenvalue weighted by atomic mass is 10.3. The molecule has 0 fully saturated rings. The molecule has 2 N–H and O–H groups in total. The minimum Gasteiger partial charge on any atom is -0.384 e.